The molecule has 0 aliphatic rings. The number of nitrogens with zero attached hydrogens (tertiary/aromatic N) is 4. The number of guanidine groups is 1. The first kappa shape index (κ1) is 22.4. The highest BCUT2D eigenvalue weighted by atomic mass is 32.2. The van der Waals surface area contributed by atoms with E-state index < -0.39 is 10.0 Å². The summed E-state index contributed by atoms with van der Waals surface area (Å²) in [5.41, 5.74) is 0. The zero-order valence-corrected chi connectivity index (χ0v) is 17.0. The number of aliphatic imine (C=N–C) groups is 1. The van der Waals surface area contributed by atoms with Crippen LogP contribution in [0.4, 0.5) is 0 Å². The van der Waals surface area contributed by atoms with Gasteiger partial charge in [-0.2, -0.15) is 0 Å². The summed E-state index contributed by atoms with van der Waals surface area (Å²) in [6.07, 6.45) is 8.36. The van der Waals surface area contributed by atoms with Crippen molar-refractivity contribution in [1.82, 2.24) is 30.1 Å². The van der Waals surface area contributed by atoms with E-state index in [9.17, 15) is 8.42 Å². The fourth-order valence-electron chi connectivity index (χ4n) is 2.36. The Bertz CT molecular complexity index is 628. The number of aromatic nitrogens is 3. The number of unbranched alkanes of at least 4 members (excludes halogenated alkanes) is 3. The number of hydrogen-bond donors (Lipinski definition) is 3. The van der Waals surface area contributed by atoms with Gasteiger partial charge in [0.05, 0.1) is 6.26 Å². The molecule has 3 N–H and O–H groups in total. The lowest BCUT2D eigenvalue weighted by Gasteiger charge is -2.13. The van der Waals surface area contributed by atoms with Gasteiger partial charge in [0.15, 0.2) is 5.96 Å². The largest absolute Gasteiger partial charge is 0.355 e. The van der Waals surface area contributed by atoms with E-state index in [1.54, 1.807) is 6.33 Å². The van der Waals surface area contributed by atoms with Crippen LogP contribution in [-0.4, -0.2) is 61.6 Å². The van der Waals surface area contributed by atoms with E-state index in [-0.39, 0.29) is 0 Å². The number of nitrogens with one attached hydrogen (secondary N) is 3. The number of hydrogen-bond acceptors (Lipinski definition) is 5. The van der Waals surface area contributed by atoms with Crippen LogP contribution in [0.2, 0.25) is 0 Å². The molecule has 0 spiro atoms. The standard InChI is InChI=1S/C16H33N7O2S/c1-4-6-7-8-9-17-16(18-10-11-21-26(3,24)25)19-12-13-23-14-20-22-15(23)5-2/h14,21H,4-13H2,1-3H3,(H2,17,18,19). The molecule has 26 heavy (non-hydrogen) atoms. The zero-order valence-electron chi connectivity index (χ0n) is 16.2. The van der Waals surface area contributed by atoms with Crippen LogP contribution < -0.4 is 15.4 Å². The lowest BCUT2D eigenvalue weighted by Crippen LogP contribution is -2.42. The minimum Gasteiger partial charge on any atom is -0.355 e. The highest BCUT2D eigenvalue weighted by molar-refractivity contribution is 7.88. The Morgan fingerprint density at radius 2 is 1.92 bits per heavy atom. The average molecular weight is 388 g/mol. The summed E-state index contributed by atoms with van der Waals surface area (Å²) in [4.78, 5) is 4.57. The topological polar surface area (TPSA) is 113 Å². The molecular weight excluding hydrogens is 354 g/mol. The van der Waals surface area contributed by atoms with Gasteiger partial charge in [-0.3, -0.25) is 4.99 Å². The Kier molecular flexibility index (Phi) is 10.9. The molecular formula is C16H33N7O2S. The van der Waals surface area contributed by atoms with Crippen molar-refractivity contribution < 1.29 is 8.42 Å². The molecule has 0 unspecified atom stereocenters. The van der Waals surface area contributed by atoms with Gasteiger partial charge >= 0.3 is 0 Å². The van der Waals surface area contributed by atoms with Crippen molar-refractivity contribution in [3.8, 4) is 0 Å². The van der Waals surface area contributed by atoms with Crippen molar-refractivity contribution in [2.24, 2.45) is 4.99 Å². The van der Waals surface area contributed by atoms with Crippen LogP contribution in [0.5, 0.6) is 0 Å². The van der Waals surface area contributed by atoms with Gasteiger partial charge in [0.2, 0.25) is 10.0 Å². The van der Waals surface area contributed by atoms with Gasteiger partial charge in [-0.15, -0.1) is 10.2 Å². The van der Waals surface area contributed by atoms with Crippen LogP contribution in [0.3, 0.4) is 0 Å². The molecule has 0 radical (unpaired) electrons. The third-order valence-corrected chi connectivity index (χ3v) is 4.45. The van der Waals surface area contributed by atoms with Crippen LogP contribution in [-0.2, 0) is 23.0 Å². The maximum Gasteiger partial charge on any atom is 0.208 e. The monoisotopic (exact) mass is 387 g/mol. The van der Waals surface area contributed by atoms with E-state index >= 15 is 0 Å². The molecule has 0 aliphatic carbocycles. The second kappa shape index (κ2) is 12.6. The molecule has 1 aromatic heterocycles. The first-order valence-corrected chi connectivity index (χ1v) is 11.2. The zero-order chi connectivity index (χ0) is 19.3. The van der Waals surface area contributed by atoms with Crippen LogP contribution in [0.1, 0.15) is 45.4 Å². The van der Waals surface area contributed by atoms with Crippen molar-refractivity contribution in [3.63, 3.8) is 0 Å². The van der Waals surface area contributed by atoms with Gasteiger partial charge < -0.3 is 15.2 Å². The second-order valence-electron chi connectivity index (χ2n) is 6.11. The number of rotatable bonds is 13. The van der Waals surface area contributed by atoms with Gasteiger partial charge in [-0.05, 0) is 6.42 Å². The molecule has 0 amide bonds. The van der Waals surface area contributed by atoms with Gasteiger partial charge in [-0.1, -0.05) is 33.1 Å². The lowest BCUT2D eigenvalue weighted by atomic mass is 10.2. The minimum atomic E-state index is -3.17. The Balaban J connectivity index is 2.43. The third kappa shape index (κ3) is 10.3. The van der Waals surface area contributed by atoms with E-state index in [0.717, 1.165) is 38.0 Å². The Hall–Kier alpha value is -1.68. The molecule has 150 valence electrons. The van der Waals surface area contributed by atoms with E-state index in [1.807, 2.05) is 11.5 Å². The van der Waals surface area contributed by atoms with Crippen LogP contribution >= 0.6 is 0 Å². The normalized spacial score (nSPS) is 12.3. The molecule has 0 bridgehead atoms. The van der Waals surface area contributed by atoms with Gasteiger partial charge in [0.1, 0.15) is 12.2 Å². The smallest absolute Gasteiger partial charge is 0.208 e. The second-order valence-corrected chi connectivity index (χ2v) is 7.94. The van der Waals surface area contributed by atoms with Crippen LogP contribution in [0.15, 0.2) is 11.3 Å². The van der Waals surface area contributed by atoms with Crippen LogP contribution in [0, 0.1) is 0 Å². The summed E-state index contributed by atoms with van der Waals surface area (Å²) in [5, 5.41) is 14.4. The molecule has 1 rings (SSSR count). The maximum atomic E-state index is 11.1. The number of aryl methyl sites for hydroxylation is 1. The molecule has 0 fully saturated rings. The molecule has 1 aromatic rings. The van der Waals surface area contributed by atoms with Gasteiger partial charge in [-0.25, -0.2) is 13.1 Å². The summed E-state index contributed by atoms with van der Waals surface area (Å²) in [6, 6.07) is 0. The highest BCUT2D eigenvalue weighted by Gasteiger charge is 2.04. The van der Waals surface area contributed by atoms with Crippen molar-refractivity contribution >= 4 is 16.0 Å². The van der Waals surface area contributed by atoms with Crippen molar-refractivity contribution in [1.29, 1.82) is 0 Å². The average Bonchev–Trinajstić information content (AvgIpc) is 3.04. The molecule has 10 heteroatoms. The fraction of sp³-hybridized carbons (Fsp3) is 0.812. The van der Waals surface area contributed by atoms with Crippen LogP contribution in [0.25, 0.3) is 0 Å². The summed E-state index contributed by atoms with van der Waals surface area (Å²) < 4.78 is 26.7. The first-order chi connectivity index (χ1) is 12.5. The SMILES string of the molecule is CCCCCCN=C(NCCNS(C)(=O)=O)NCCn1cnnc1CC. The predicted octanol–water partition coefficient (Wildman–Crippen LogP) is 0.505. The molecule has 0 saturated heterocycles. The Morgan fingerprint density at radius 3 is 2.62 bits per heavy atom. The Morgan fingerprint density at radius 1 is 1.15 bits per heavy atom. The molecule has 0 saturated carbocycles. The van der Waals surface area contributed by atoms with E-state index in [0.29, 0.717) is 25.6 Å². The first-order valence-electron chi connectivity index (χ1n) is 9.29. The molecule has 0 aliphatic heterocycles. The van der Waals surface area contributed by atoms with E-state index in [2.05, 4.69) is 37.5 Å². The van der Waals surface area contributed by atoms with Crippen molar-refractivity contribution in [2.75, 3.05) is 32.4 Å². The van der Waals surface area contributed by atoms with E-state index in [1.165, 1.54) is 19.3 Å². The van der Waals surface area contributed by atoms with E-state index in [4.69, 9.17) is 0 Å². The molecule has 9 nitrogen and oxygen atoms in total. The van der Waals surface area contributed by atoms with Crippen molar-refractivity contribution in [3.05, 3.63) is 12.2 Å². The molecule has 0 atom stereocenters. The highest BCUT2D eigenvalue weighted by Crippen LogP contribution is 1.98. The molecule has 1 heterocycles. The summed E-state index contributed by atoms with van der Waals surface area (Å²) >= 11 is 0. The third-order valence-electron chi connectivity index (χ3n) is 3.72. The molecule has 0 aromatic carbocycles. The quantitative estimate of drug-likeness (QED) is 0.258. The Labute approximate surface area is 157 Å². The van der Waals surface area contributed by atoms with Crippen molar-refractivity contribution in [2.45, 2.75) is 52.5 Å². The lowest BCUT2D eigenvalue weighted by molar-refractivity contribution is 0.586. The predicted molar refractivity (Wildman–Crippen MR) is 105 cm³/mol. The van der Waals surface area contributed by atoms with Gasteiger partial charge in [0.25, 0.3) is 0 Å². The fourth-order valence-corrected chi connectivity index (χ4v) is 2.83. The number of sulfonamides is 1. The summed E-state index contributed by atoms with van der Waals surface area (Å²) in [6.45, 7) is 7.21. The summed E-state index contributed by atoms with van der Waals surface area (Å²) in [5.74, 6) is 1.65. The minimum absolute atomic E-state index is 0.320. The maximum absolute atomic E-state index is 11.1. The van der Waals surface area contributed by atoms with Gasteiger partial charge in [0, 0.05) is 39.1 Å². The summed E-state index contributed by atoms with van der Waals surface area (Å²) in [7, 11) is -3.17.